The molecule has 1 aromatic carbocycles. The van der Waals surface area contributed by atoms with Gasteiger partial charge in [0.05, 0.1) is 0 Å². The number of rotatable bonds is 4. The van der Waals surface area contributed by atoms with Crippen molar-refractivity contribution in [1.82, 2.24) is 5.32 Å². The lowest BCUT2D eigenvalue weighted by Crippen LogP contribution is -2.40. The van der Waals surface area contributed by atoms with E-state index in [1.807, 2.05) is 26.8 Å². The summed E-state index contributed by atoms with van der Waals surface area (Å²) in [6.45, 7) is 5.83. The van der Waals surface area contributed by atoms with Crippen LogP contribution >= 0.6 is 0 Å². The highest BCUT2D eigenvalue weighted by molar-refractivity contribution is 5.97. The van der Waals surface area contributed by atoms with Gasteiger partial charge in [0.15, 0.2) is 0 Å². The van der Waals surface area contributed by atoms with E-state index in [9.17, 15) is 9.59 Å². The Balaban J connectivity index is 1.95. The quantitative estimate of drug-likeness (QED) is 0.890. The topological polar surface area (TPSA) is 58.2 Å². The fraction of sp³-hybridized carbons (Fsp3) is 0.556. The summed E-state index contributed by atoms with van der Waals surface area (Å²) < 4.78 is 0. The van der Waals surface area contributed by atoms with E-state index in [-0.39, 0.29) is 17.4 Å². The molecule has 0 aromatic heterocycles. The second kappa shape index (κ2) is 6.95. The molecule has 1 saturated carbocycles. The van der Waals surface area contributed by atoms with Crippen molar-refractivity contribution >= 4 is 17.5 Å². The third-order valence-electron chi connectivity index (χ3n) is 3.85. The molecule has 1 fully saturated rings. The molecule has 120 valence electrons. The van der Waals surface area contributed by atoms with Crippen LogP contribution in [0.3, 0.4) is 0 Å². The molecule has 1 aromatic rings. The predicted molar refractivity (Wildman–Crippen MR) is 88.9 cm³/mol. The van der Waals surface area contributed by atoms with E-state index < -0.39 is 0 Å². The zero-order valence-electron chi connectivity index (χ0n) is 13.7. The van der Waals surface area contributed by atoms with Crippen molar-refractivity contribution in [3.63, 3.8) is 0 Å². The molecule has 0 unspecified atom stereocenters. The van der Waals surface area contributed by atoms with Gasteiger partial charge in [-0.15, -0.1) is 0 Å². The smallest absolute Gasteiger partial charge is 0.251 e. The van der Waals surface area contributed by atoms with Gasteiger partial charge in [0, 0.05) is 23.2 Å². The second-order valence-electron chi connectivity index (χ2n) is 7.19. The third-order valence-corrected chi connectivity index (χ3v) is 3.85. The van der Waals surface area contributed by atoms with Crippen LogP contribution in [0.15, 0.2) is 24.3 Å². The Labute approximate surface area is 132 Å². The van der Waals surface area contributed by atoms with Gasteiger partial charge in [-0.2, -0.15) is 0 Å². The highest BCUT2D eigenvalue weighted by atomic mass is 16.2. The molecule has 1 aliphatic rings. The monoisotopic (exact) mass is 302 g/mol. The Morgan fingerprint density at radius 2 is 1.86 bits per heavy atom. The van der Waals surface area contributed by atoms with Crippen LogP contribution in [0.5, 0.6) is 0 Å². The summed E-state index contributed by atoms with van der Waals surface area (Å²) in [6.07, 6.45) is 5.36. The molecule has 4 heteroatoms. The average molecular weight is 302 g/mol. The molecule has 0 spiro atoms. The summed E-state index contributed by atoms with van der Waals surface area (Å²) in [4.78, 5) is 24.2. The molecule has 22 heavy (non-hydrogen) atoms. The number of carbonyl (C=O) groups excluding carboxylic acids is 2. The van der Waals surface area contributed by atoms with Gasteiger partial charge in [0.1, 0.15) is 0 Å². The Morgan fingerprint density at radius 3 is 2.50 bits per heavy atom. The Bertz CT molecular complexity index is 540. The maximum absolute atomic E-state index is 12.2. The van der Waals surface area contributed by atoms with Gasteiger partial charge in [-0.1, -0.05) is 18.9 Å². The summed E-state index contributed by atoms with van der Waals surface area (Å²) in [5, 5.41) is 5.83. The van der Waals surface area contributed by atoms with Crippen molar-refractivity contribution in [1.29, 1.82) is 0 Å². The van der Waals surface area contributed by atoms with Crippen LogP contribution in [-0.2, 0) is 4.79 Å². The average Bonchev–Trinajstić information content (AvgIpc) is 2.89. The van der Waals surface area contributed by atoms with E-state index >= 15 is 0 Å². The van der Waals surface area contributed by atoms with E-state index in [2.05, 4.69) is 10.6 Å². The van der Waals surface area contributed by atoms with Crippen molar-refractivity contribution in [3.05, 3.63) is 29.8 Å². The molecule has 0 saturated heterocycles. The van der Waals surface area contributed by atoms with Crippen LogP contribution in [0.25, 0.3) is 0 Å². The fourth-order valence-electron chi connectivity index (χ4n) is 2.84. The predicted octanol–water partition coefficient (Wildman–Crippen LogP) is 3.73. The van der Waals surface area contributed by atoms with Gasteiger partial charge < -0.3 is 10.6 Å². The zero-order chi connectivity index (χ0) is 16.2. The van der Waals surface area contributed by atoms with Gasteiger partial charge in [-0.25, -0.2) is 0 Å². The molecule has 0 heterocycles. The number of amides is 2. The number of benzene rings is 1. The van der Waals surface area contributed by atoms with Crippen LogP contribution < -0.4 is 10.6 Å². The minimum atomic E-state index is -0.279. The Kier molecular flexibility index (Phi) is 5.22. The molecule has 2 N–H and O–H groups in total. The number of hydrogen-bond donors (Lipinski definition) is 2. The van der Waals surface area contributed by atoms with Gasteiger partial charge in [0.25, 0.3) is 5.91 Å². The van der Waals surface area contributed by atoms with E-state index in [0.29, 0.717) is 23.6 Å². The first-order valence-electron chi connectivity index (χ1n) is 8.06. The number of carbonyl (C=O) groups is 2. The fourth-order valence-corrected chi connectivity index (χ4v) is 2.84. The first-order chi connectivity index (χ1) is 10.3. The van der Waals surface area contributed by atoms with Gasteiger partial charge in [-0.05, 0) is 57.7 Å². The second-order valence-corrected chi connectivity index (χ2v) is 7.19. The summed E-state index contributed by atoms with van der Waals surface area (Å²) in [5.74, 6) is 0.437. The first kappa shape index (κ1) is 16.5. The number of anilines is 1. The van der Waals surface area contributed by atoms with Crippen molar-refractivity contribution < 1.29 is 9.59 Å². The first-order valence-corrected chi connectivity index (χ1v) is 8.06. The number of hydrogen-bond acceptors (Lipinski definition) is 2. The van der Waals surface area contributed by atoms with Crippen LogP contribution in [0, 0.1) is 5.92 Å². The molecule has 4 nitrogen and oxygen atoms in total. The lowest BCUT2D eigenvalue weighted by molar-refractivity contribution is -0.117. The van der Waals surface area contributed by atoms with E-state index in [0.717, 1.165) is 12.8 Å². The van der Waals surface area contributed by atoms with Crippen molar-refractivity contribution in [2.45, 2.75) is 58.4 Å². The van der Waals surface area contributed by atoms with Crippen LogP contribution in [-0.4, -0.2) is 17.4 Å². The lowest BCUT2D eigenvalue weighted by Gasteiger charge is -2.20. The zero-order valence-corrected chi connectivity index (χ0v) is 13.7. The molecule has 2 amide bonds. The molecule has 0 atom stereocenters. The Morgan fingerprint density at radius 1 is 1.18 bits per heavy atom. The van der Waals surface area contributed by atoms with Gasteiger partial charge in [0.2, 0.25) is 5.91 Å². The molecule has 0 bridgehead atoms. The maximum atomic E-state index is 12.2. The minimum absolute atomic E-state index is 0.0419. The standard InChI is InChI=1S/C18H26N2O2/c1-18(2,3)20-17(22)14-9-6-10-15(12-14)19-16(21)11-13-7-4-5-8-13/h6,9-10,12-13H,4-5,7-8,11H2,1-3H3,(H,19,21)(H,20,22). The highest BCUT2D eigenvalue weighted by Gasteiger charge is 2.19. The minimum Gasteiger partial charge on any atom is -0.347 e. The summed E-state index contributed by atoms with van der Waals surface area (Å²) in [6, 6.07) is 7.10. The van der Waals surface area contributed by atoms with Crippen molar-refractivity contribution in [3.8, 4) is 0 Å². The van der Waals surface area contributed by atoms with E-state index in [1.165, 1.54) is 12.8 Å². The van der Waals surface area contributed by atoms with Crippen molar-refractivity contribution in [2.24, 2.45) is 5.92 Å². The van der Waals surface area contributed by atoms with Crippen molar-refractivity contribution in [2.75, 3.05) is 5.32 Å². The molecule has 1 aliphatic carbocycles. The van der Waals surface area contributed by atoms with Gasteiger partial charge in [-0.3, -0.25) is 9.59 Å². The van der Waals surface area contributed by atoms with E-state index in [1.54, 1.807) is 18.2 Å². The highest BCUT2D eigenvalue weighted by Crippen LogP contribution is 2.27. The normalized spacial score (nSPS) is 15.6. The largest absolute Gasteiger partial charge is 0.347 e. The summed E-state index contributed by atoms with van der Waals surface area (Å²) >= 11 is 0. The number of nitrogens with one attached hydrogen (secondary N) is 2. The molecule has 0 radical (unpaired) electrons. The summed E-state index contributed by atoms with van der Waals surface area (Å²) in [5.41, 5.74) is 0.969. The van der Waals surface area contributed by atoms with Crippen LogP contribution in [0.1, 0.15) is 63.2 Å². The van der Waals surface area contributed by atoms with Gasteiger partial charge >= 0.3 is 0 Å². The molecular weight excluding hydrogens is 276 g/mol. The Hall–Kier alpha value is -1.84. The van der Waals surface area contributed by atoms with Crippen LogP contribution in [0.2, 0.25) is 0 Å². The summed E-state index contributed by atoms with van der Waals surface area (Å²) in [7, 11) is 0. The van der Waals surface area contributed by atoms with Crippen LogP contribution in [0.4, 0.5) is 5.69 Å². The SMILES string of the molecule is CC(C)(C)NC(=O)c1cccc(NC(=O)CC2CCCC2)c1. The van der Waals surface area contributed by atoms with E-state index in [4.69, 9.17) is 0 Å². The third kappa shape index (κ3) is 5.17. The molecular formula is C18H26N2O2. The molecule has 0 aliphatic heterocycles. The maximum Gasteiger partial charge on any atom is 0.251 e. The lowest BCUT2D eigenvalue weighted by atomic mass is 10.0. The molecule has 2 rings (SSSR count).